The molecule has 1 aromatic carbocycles. The molecule has 126 valence electrons. The number of benzene rings is 1. The van der Waals surface area contributed by atoms with E-state index in [1.54, 1.807) is 18.6 Å². The first kappa shape index (κ1) is 15.5. The van der Waals surface area contributed by atoms with E-state index in [0.717, 1.165) is 30.9 Å². The largest absolute Gasteiger partial charge is 0.337 e. The second kappa shape index (κ2) is 6.84. The van der Waals surface area contributed by atoms with Gasteiger partial charge in [-0.3, -0.25) is 14.3 Å². The monoisotopic (exact) mass is 333 g/mol. The number of hydrogen-bond donors (Lipinski definition) is 0. The highest BCUT2D eigenvalue weighted by Gasteiger charge is 2.29. The molecule has 0 spiro atoms. The standard InChI is InChI=1S/C19H19N5O/c25-19(17-10-4-5-11-20-17)23-12-6-7-15(13-23)18-22-21-14-24(18)16-8-2-1-3-9-16/h1-5,8-11,14-15H,6-7,12-13H2/t15-/m1/s1. The summed E-state index contributed by atoms with van der Waals surface area (Å²) in [6.07, 6.45) is 5.34. The van der Waals surface area contributed by atoms with Gasteiger partial charge in [0.1, 0.15) is 17.8 Å². The maximum absolute atomic E-state index is 12.7. The summed E-state index contributed by atoms with van der Waals surface area (Å²) in [5.74, 6) is 1.06. The number of para-hydroxylation sites is 1. The van der Waals surface area contributed by atoms with E-state index in [9.17, 15) is 4.79 Å². The highest BCUT2D eigenvalue weighted by Crippen LogP contribution is 2.27. The number of pyridine rings is 1. The molecular formula is C19H19N5O. The first-order chi connectivity index (χ1) is 12.3. The van der Waals surface area contributed by atoms with Crippen molar-refractivity contribution >= 4 is 5.91 Å². The molecule has 0 radical (unpaired) electrons. The number of carbonyl (C=O) groups is 1. The fourth-order valence-corrected chi connectivity index (χ4v) is 3.33. The Kier molecular flexibility index (Phi) is 4.24. The van der Waals surface area contributed by atoms with Gasteiger partial charge in [-0.1, -0.05) is 24.3 Å². The molecule has 1 saturated heterocycles. The summed E-state index contributed by atoms with van der Waals surface area (Å²) in [5, 5.41) is 8.44. The number of hydrogen-bond acceptors (Lipinski definition) is 4. The Morgan fingerprint density at radius 2 is 1.92 bits per heavy atom. The lowest BCUT2D eigenvalue weighted by molar-refractivity contribution is 0.0698. The highest BCUT2D eigenvalue weighted by atomic mass is 16.2. The van der Waals surface area contributed by atoms with Crippen LogP contribution in [0.2, 0.25) is 0 Å². The van der Waals surface area contributed by atoms with Crippen LogP contribution in [0.1, 0.15) is 35.1 Å². The van der Waals surface area contributed by atoms with Crippen molar-refractivity contribution in [3.05, 3.63) is 72.6 Å². The van der Waals surface area contributed by atoms with Crippen LogP contribution in [0.25, 0.3) is 5.69 Å². The van der Waals surface area contributed by atoms with Crippen LogP contribution >= 0.6 is 0 Å². The van der Waals surface area contributed by atoms with Crippen molar-refractivity contribution in [2.75, 3.05) is 13.1 Å². The van der Waals surface area contributed by atoms with E-state index in [1.165, 1.54) is 0 Å². The molecule has 1 atom stereocenters. The van der Waals surface area contributed by atoms with Crippen LogP contribution in [0.5, 0.6) is 0 Å². The zero-order chi connectivity index (χ0) is 17.1. The number of aromatic nitrogens is 4. The van der Waals surface area contributed by atoms with Crippen molar-refractivity contribution < 1.29 is 4.79 Å². The molecule has 1 amide bonds. The molecule has 4 rings (SSSR count). The van der Waals surface area contributed by atoms with E-state index < -0.39 is 0 Å². The quantitative estimate of drug-likeness (QED) is 0.739. The summed E-state index contributed by atoms with van der Waals surface area (Å²) in [4.78, 5) is 18.7. The topological polar surface area (TPSA) is 63.9 Å². The van der Waals surface area contributed by atoms with Gasteiger partial charge >= 0.3 is 0 Å². The number of nitrogens with zero attached hydrogens (tertiary/aromatic N) is 5. The first-order valence-corrected chi connectivity index (χ1v) is 8.48. The van der Waals surface area contributed by atoms with Crippen molar-refractivity contribution in [3.8, 4) is 5.69 Å². The third-order valence-electron chi connectivity index (χ3n) is 4.57. The van der Waals surface area contributed by atoms with Crippen molar-refractivity contribution in [3.63, 3.8) is 0 Å². The van der Waals surface area contributed by atoms with Crippen molar-refractivity contribution in [1.29, 1.82) is 0 Å². The van der Waals surface area contributed by atoms with Gasteiger partial charge in [-0.25, -0.2) is 0 Å². The summed E-state index contributed by atoms with van der Waals surface area (Å²) in [6.45, 7) is 1.40. The van der Waals surface area contributed by atoms with Crippen molar-refractivity contribution in [2.45, 2.75) is 18.8 Å². The van der Waals surface area contributed by atoms with Crippen LogP contribution in [-0.4, -0.2) is 43.6 Å². The summed E-state index contributed by atoms with van der Waals surface area (Å²) in [5.41, 5.74) is 1.53. The van der Waals surface area contributed by atoms with Crippen LogP contribution in [-0.2, 0) is 0 Å². The van der Waals surface area contributed by atoms with Crippen LogP contribution in [0.15, 0.2) is 61.1 Å². The van der Waals surface area contributed by atoms with Crippen molar-refractivity contribution in [1.82, 2.24) is 24.6 Å². The van der Waals surface area contributed by atoms with Crippen LogP contribution in [0.3, 0.4) is 0 Å². The highest BCUT2D eigenvalue weighted by molar-refractivity contribution is 5.92. The zero-order valence-corrected chi connectivity index (χ0v) is 13.8. The minimum atomic E-state index is -0.0175. The second-order valence-electron chi connectivity index (χ2n) is 6.20. The molecule has 0 bridgehead atoms. The summed E-state index contributed by atoms with van der Waals surface area (Å²) >= 11 is 0. The van der Waals surface area contributed by atoms with Crippen molar-refractivity contribution in [2.24, 2.45) is 0 Å². The van der Waals surface area contributed by atoms with E-state index >= 15 is 0 Å². The zero-order valence-electron chi connectivity index (χ0n) is 13.8. The van der Waals surface area contributed by atoms with Gasteiger partial charge in [-0.2, -0.15) is 0 Å². The van der Waals surface area contributed by atoms with Gasteiger partial charge in [0.2, 0.25) is 0 Å². The Morgan fingerprint density at radius 1 is 1.08 bits per heavy atom. The minimum Gasteiger partial charge on any atom is -0.337 e. The van der Waals surface area contributed by atoms with Gasteiger partial charge in [-0.15, -0.1) is 10.2 Å². The van der Waals surface area contributed by atoms with Crippen LogP contribution in [0, 0.1) is 0 Å². The van der Waals surface area contributed by atoms with Crippen LogP contribution < -0.4 is 0 Å². The number of rotatable bonds is 3. The molecule has 1 aliphatic rings. The normalized spacial score (nSPS) is 17.4. The maximum atomic E-state index is 12.7. The van der Waals surface area contributed by atoms with E-state index in [2.05, 4.69) is 15.2 Å². The van der Waals surface area contributed by atoms with Crippen LogP contribution in [0.4, 0.5) is 0 Å². The average molecular weight is 333 g/mol. The molecular weight excluding hydrogens is 314 g/mol. The fourth-order valence-electron chi connectivity index (χ4n) is 3.33. The van der Waals surface area contributed by atoms with Gasteiger partial charge in [-0.05, 0) is 37.1 Å². The Labute approximate surface area is 146 Å². The number of amides is 1. The Bertz CT molecular complexity index is 847. The summed E-state index contributed by atoms with van der Waals surface area (Å²) in [7, 11) is 0. The van der Waals surface area contributed by atoms with Gasteiger partial charge in [0, 0.05) is 30.9 Å². The lowest BCUT2D eigenvalue weighted by Crippen LogP contribution is -2.40. The lowest BCUT2D eigenvalue weighted by atomic mass is 9.96. The molecule has 0 saturated carbocycles. The first-order valence-electron chi connectivity index (χ1n) is 8.48. The van der Waals surface area contributed by atoms with Gasteiger partial charge in [0.25, 0.3) is 5.91 Å². The Balaban J connectivity index is 1.57. The van der Waals surface area contributed by atoms with E-state index in [0.29, 0.717) is 12.2 Å². The number of piperidine rings is 1. The molecule has 25 heavy (non-hydrogen) atoms. The molecule has 3 aromatic rings. The van der Waals surface area contributed by atoms with Gasteiger partial charge in [0.15, 0.2) is 0 Å². The van der Waals surface area contributed by atoms with E-state index in [-0.39, 0.29) is 11.8 Å². The molecule has 0 aliphatic carbocycles. The molecule has 0 N–H and O–H groups in total. The predicted molar refractivity (Wildman–Crippen MR) is 93.5 cm³/mol. The third-order valence-corrected chi connectivity index (χ3v) is 4.57. The molecule has 3 heterocycles. The third kappa shape index (κ3) is 3.15. The summed E-state index contributed by atoms with van der Waals surface area (Å²) < 4.78 is 2.01. The average Bonchev–Trinajstić information content (AvgIpc) is 3.19. The second-order valence-corrected chi connectivity index (χ2v) is 6.20. The molecule has 0 unspecified atom stereocenters. The smallest absolute Gasteiger partial charge is 0.272 e. The minimum absolute atomic E-state index is 0.0175. The SMILES string of the molecule is O=C(c1ccccn1)N1CCC[C@@H](c2nncn2-c2ccccc2)C1. The van der Waals surface area contributed by atoms with E-state index in [1.807, 2.05) is 51.9 Å². The molecule has 2 aromatic heterocycles. The molecule has 6 heteroatoms. The molecule has 6 nitrogen and oxygen atoms in total. The van der Waals surface area contributed by atoms with Gasteiger partial charge in [0.05, 0.1) is 0 Å². The molecule has 1 aliphatic heterocycles. The maximum Gasteiger partial charge on any atom is 0.272 e. The Morgan fingerprint density at radius 3 is 2.72 bits per heavy atom. The molecule has 1 fully saturated rings. The lowest BCUT2D eigenvalue weighted by Gasteiger charge is -2.32. The number of likely N-dealkylation sites (tertiary alicyclic amines) is 1. The van der Waals surface area contributed by atoms with E-state index in [4.69, 9.17) is 0 Å². The van der Waals surface area contributed by atoms with Gasteiger partial charge < -0.3 is 4.90 Å². The Hall–Kier alpha value is -3.02. The predicted octanol–water partition coefficient (Wildman–Crippen LogP) is 2.68. The number of carbonyl (C=O) groups excluding carboxylic acids is 1. The summed E-state index contributed by atoms with van der Waals surface area (Å²) in [6, 6.07) is 15.5. The fraction of sp³-hybridized carbons (Fsp3) is 0.263.